The van der Waals surface area contributed by atoms with Gasteiger partial charge in [-0.05, 0) is 42.7 Å². The highest BCUT2D eigenvalue weighted by Gasteiger charge is 2.09. The van der Waals surface area contributed by atoms with Crippen molar-refractivity contribution in [2.75, 3.05) is 5.73 Å². The van der Waals surface area contributed by atoms with Gasteiger partial charge in [0.2, 0.25) is 0 Å². The summed E-state index contributed by atoms with van der Waals surface area (Å²) in [4.78, 5) is 0. The molecule has 0 aliphatic carbocycles. The third-order valence-corrected chi connectivity index (χ3v) is 3.32. The number of phenols is 1. The summed E-state index contributed by atoms with van der Waals surface area (Å²) < 4.78 is 5.46. The van der Waals surface area contributed by atoms with Crippen LogP contribution in [0.1, 0.15) is 11.1 Å². The lowest BCUT2D eigenvalue weighted by Crippen LogP contribution is -1.91. The number of nitrogens with two attached hydrogens (primary N) is 1. The van der Waals surface area contributed by atoms with Crippen LogP contribution in [-0.2, 0) is 12.8 Å². The summed E-state index contributed by atoms with van der Waals surface area (Å²) in [5, 5.41) is 10.7. The molecule has 3 N–H and O–H groups in total. The van der Waals surface area contributed by atoms with Gasteiger partial charge in [0.1, 0.15) is 11.3 Å². The zero-order valence-electron chi connectivity index (χ0n) is 10.5. The van der Waals surface area contributed by atoms with Gasteiger partial charge in [0, 0.05) is 11.3 Å². The summed E-state index contributed by atoms with van der Waals surface area (Å²) in [6.45, 7) is 0. The molecule has 0 bridgehead atoms. The van der Waals surface area contributed by atoms with Crippen molar-refractivity contribution in [2.24, 2.45) is 0 Å². The van der Waals surface area contributed by atoms with E-state index in [-0.39, 0.29) is 5.75 Å². The lowest BCUT2D eigenvalue weighted by Gasteiger charge is -2.02. The smallest absolute Gasteiger partial charge is 0.137 e. The van der Waals surface area contributed by atoms with E-state index in [0.717, 1.165) is 35.1 Å². The Morgan fingerprint density at radius 3 is 2.58 bits per heavy atom. The third kappa shape index (κ3) is 2.27. The predicted molar refractivity (Wildman–Crippen MR) is 76.1 cm³/mol. The van der Waals surface area contributed by atoms with Crippen molar-refractivity contribution in [1.29, 1.82) is 0 Å². The highest BCUT2D eigenvalue weighted by atomic mass is 16.3. The molecule has 0 atom stereocenters. The minimum absolute atomic E-state index is 0.276. The van der Waals surface area contributed by atoms with Crippen LogP contribution < -0.4 is 5.73 Å². The van der Waals surface area contributed by atoms with Crippen LogP contribution in [0.3, 0.4) is 0 Å². The minimum atomic E-state index is 0.276. The second-order valence-corrected chi connectivity index (χ2v) is 4.65. The molecule has 0 spiro atoms. The lowest BCUT2D eigenvalue weighted by molar-refractivity contribution is 0.481. The maximum Gasteiger partial charge on any atom is 0.137 e. The van der Waals surface area contributed by atoms with E-state index in [2.05, 4.69) is 0 Å². The summed E-state index contributed by atoms with van der Waals surface area (Å²) in [5.41, 5.74) is 9.42. The van der Waals surface area contributed by atoms with E-state index in [9.17, 15) is 5.11 Å². The van der Waals surface area contributed by atoms with E-state index in [1.165, 1.54) is 5.56 Å². The molecule has 0 radical (unpaired) electrons. The van der Waals surface area contributed by atoms with Gasteiger partial charge in [-0.2, -0.15) is 0 Å². The van der Waals surface area contributed by atoms with Crippen LogP contribution in [0.5, 0.6) is 5.75 Å². The molecule has 2 aromatic carbocycles. The molecule has 1 heterocycles. The van der Waals surface area contributed by atoms with Crippen LogP contribution in [0.2, 0.25) is 0 Å². The number of hydrogen-bond donors (Lipinski definition) is 2. The van der Waals surface area contributed by atoms with Gasteiger partial charge in [-0.25, -0.2) is 0 Å². The van der Waals surface area contributed by atoms with Crippen molar-refractivity contribution < 1.29 is 9.52 Å². The molecule has 0 aliphatic rings. The fourth-order valence-electron chi connectivity index (χ4n) is 2.28. The minimum Gasteiger partial charge on any atom is -0.507 e. The Kier molecular flexibility index (Phi) is 2.88. The maximum absolute atomic E-state index is 9.90. The van der Waals surface area contributed by atoms with Crippen LogP contribution in [0, 0.1) is 0 Å². The third-order valence-electron chi connectivity index (χ3n) is 3.32. The molecule has 3 aromatic rings. The second-order valence-electron chi connectivity index (χ2n) is 4.65. The number of nitrogen functional groups attached to an aromatic ring is 1. The molecular weight excluding hydrogens is 238 g/mol. The zero-order valence-corrected chi connectivity index (χ0v) is 10.5. The summed E-state index contributed by atoms with van der Waals surface area (Å²) in [6, 6.07) is 13.2. The molecule has 96 valence electrons. The Morgan fingerprint density at radius 1 is 1.00 bits per heavy atom. The lowest BCUT2D eigenvalue weighted by atomic mass is 10.0. The Labute approximate surface area is 111 Å². The van der Waals surface area contributed by atoms with E-state index in [4.69, 9.17) is 10.2 Å². The monoisotopic (exact) mass is 253 g/mol. The number of benzene rings is 2. The van der Waals surface area contributed by atoms with Crippen LogP contribution in [-0.4, -0.2) is 5.11 Å². The Balaban J connectivity index is 1.84. The van der Waals surface area contributed by atoms with Gasteiger partial charge < -0.3 is 15.3 Å². The van der Waals surface area contributed by atoms with Crippen molar-refractivity contribution in [2.45, 2.75) is 12.8 Å². The van der Waals surface area contributed by atoms with Crippen LogP contribution in [0.25, 0.3) is 11.0 Å². The number of anilines is 1. The average molecular weight is 253 g/mol. The van der Waals surface area contributed by atoms with Gasteiger partial charge in [-0.1, -0.05) is 18.2 Å². The SMILES string of the molecule is Nc1ccc(CCc2coc3cccc(O)c23)cc1. The Morgan fingerprint density at radius 2 is 1.79 bits per heavy atom. The maximum atomic E-state index is 9.90. The molecule has 0 saturated carbocycles. The van der Waals surface area contributed by atoms with E-state index in [0.29, 0.717) is 0 Å². The standard InChI is InChI=1S/C16H15NO2/c17-13-8-5-11(6-9-13)4-7-12-10-19-15-3-1-2-14(18)16(12)15/h1-3,5-6,8-10,18H,4,7,17H2. The second kappa shape index (κ2) is 4.69. The normalized spacial score (nSPS) is 10.9. The van der Waals surface area contributed by atoms with E-state index in [1.807, 2.05) is 30.3 Å². The number of phenolic OH excluding ortho intramolecular Hbond substituents is 1. The zero-order chi connectivity index (χ0) is 13.2. The number of aryl methyl sites for hydroxylation is 2. The van der Waals surface area contributed by atoms with Crippen molar-refractivity contribution in [3.63, 3.8) is 0 Å². The molecular formula is C16H15NO2. The first kappa shape index (κ1) is 11.7. The van der Waals surface area contributed by atoms with Crippen LogP contribution in [0.4, 0.5) is 5.69 Å². The van der Waals surface area contributed by atoms with Gasteiger partial charge in [0.15, 0.2) is 0 Å². The first-order chi connectivity index (χ1) is 9.24. The number of furan rings is 1. The van der Waals surface area contributed by atoms with E-state index in [1.54, 1.807) is 18.4 Å². The van der Waals surface area contributed by atoms with Gasteiger partial charge in [-0.3, -0.25) is 0 Å². The predicted octanol–water partition coefficient (Wildman–Crippen LogP) is 3.51. The molecule has 1 aromatic heterocycles. The van der Waals surface area contributed by atoms with Crippen LogP contribution >= 0.6 is 0 Å². The quantitative estimate of drug-likeness (QED) is 0.702. The number of fused-ring (bicyclic) bond motifs is 1. The van der Waals surface area contributed by atoms with Gasteiger partial charge in [-0.15, -0.1) is 0 Å². The number of rotatable bonds is 3. The fraction of sp³-hybridized carbons (Fsp3) is 0.125. The number of hydrogen-bond acceptors (Lipinski definition) is 3. The van der Waals surface area contributed by atoms with E-state index >= 15 is 0 Å². The summed E-state index contributed by atoms with van der Waals surface area (Å²) in [6.07, 6.45) is 3.44. The summed E-state index contributed by atoms with van der Waals surface area (Å²) >= 11 is 0. The fourth-order valence-corrected chi connectivity index (χ4v) is 2.28. The molecule has 3 nitrogen and oxygen atoms in total. The van der Waals surface area contributed by atoms with Crippen molar-refractivity contribution >= 4 is 16.7 Å². The first-order valence-electron chi connectivity index (χ1n) is 6.26. The van der Waals surface area contributed by atoms with Crippen LogP contribution in [0.15, 0.2) is 53.1 Å². The van der Waals surface area contributed by atoms with Gasteiger partial charge >= 0.3 is 0 Å². The average Bonchev–Trinajstić information content (AvgIpc) is 2.83. The molecule has 0 fully saturated rings. The van der Waals surface area contributed by atoms with Crippen molar-refractivity contribution in [3.8, 4) is 5.75 Å². The number of aromatic hydroxyl groups is 1. The van der Waals surface area contributed by atoms with Gasteiger partial charge in [0.25, 0.3) is 0 Å². The van der Waals surface area contributed by atoms with Crippen molar-refractivity contribution in [3.05, 3.63) is 59.9 Å². The largest absolute Gasteiger partial charge is 0.507 e. The molecule has 3 rings (SSSR count). The highest BCUT2D eigenvalue weighted by molar-refractivity contribution is 5.87. The van der Waals surface area contributed by atoms with E-state index < -0.39 is 0 Å². The molecule has 0 saturated heterocycles. The highest BCUT2D eigenvalue weighted by Crippen LogP contribution is 2.30. The van der Waals surface area contributed by atoms with Crippen molar-refractivity contribution in [1.82, 2.24) is 0 Å². The van der Waals surface area contributed by atoms with Gasteiger partial charge in [0.05, 0.1) is 11.6 Å². The molecule has 0 amide bonds. The summed E-state index contributed by atoms with van der Waals surface area (Å²) in [7, 11) is 0. The Bertz CT molecular complexity index is 698. The Hall–Kier alpha value is -2.42. The molecule has 3 heteroatoms. The molecule has 19 heavy (non-hydrogen) atoms. The molecule has 0 aliphatic heterocycles. The summed E-state index contributed by atoms with van der Waals surface area (Å²) in [5.74, 6) is 0.276. The molecule has 0 unspecified atom stereocenters. The first-order valence-corrected chi connectivity index (χ1v) is 6.26. The topological polar surface area (TPSA) is 59.4 Å².